The van der Waals surface area contributed by atoms with E-state index in [1.165, 1.54) is 31.3 Å². The number of aliphatic hydroxyl groups excluding tert-OH is 2. The number of amides is 2. The molecule has 14 heteroatoms. The van der Waals surface area contributed by atoms with Gasteiger partial charge in [0.15, 0.2) is 0 Å². The van der Waals surface area contributed by atoms with Gasteiger partial charge in [0.25, 0.3) is 11.8 Å². The van der Waals surface area contributed by atoms with Crippen molar-refractivity contribution >= 4 is 57.8 Å². The first-order valence-electron chi connectivity index (χ1n) is 22.6. The number of carboxylic acids is 1. The molecule has 0 spiro atoms. The third-order valence-electron chi connectivity index (χ3n) is 11.8. The Morgan fingerprint density at radius 3 is 1.44 bits per heavy atom. The summed E-state index contributed by atoms with van der Waals surface area (Å²) in [6.45, 7) is 16.1. The average molecular weight is 909 g/mol. The largest absolute Gasteiger partial charge is 0.477 e. The number of hydrogen-bond acceptors (Lipinski definition) is 11. The number of carboxylic acid groups (broad SMARTS) is 1. The Morgan fingerprint density at radius 2 is 1.10 bits per heavy atom. The lowest BCUT2D eigenvalue weighted by Crippen LogP contribution is -2.57. The van der Waals surface area contributed by atoms with Crippen LogP contribution in [0.15, 0.2) is 12.1 Å². The fourth-order valence-electron chi connectivity index (χ4n) is 8.78. The molecular weight excluding hydrogens is 841 g/mol. The molecule has 3 N–H and O–H groups in total. The lowest BCUT2D eigenvalue weighted by molar-refractivity contribution is -0.140. The smallest absolute Gasteiger partial charge is 0.350 e. The predicted molar refractivity (Wildman–Crippen MR) is 247 cm³/mol. The zero-order chi connectivity index (χ0) is 46.2. The number of carbonyl (C=O) groups excluding carboxylic acids is 3. The number of nitrogens with zero attached hydrogens (tertiary/aromatic N) is 2. The Labute approximate surface area is 382 Å². The molecule has 2 amide bonds. The van der Waals surface area contributed by atoms with Crippen LogP contribution in [0.5, 0.6) is 0 Å². The molecular formula is C49H68N2O10S2. The van der Waals surface area contributed by atoms with E-state index in [9.17, 15) is 34.5 Å². The highest BCUT2D eigenvalue weighted by Crippen LogP contribution is 2.41. The molecule has 63 heavy (non-hydrogen) atoms. The fourth-order valence-corrected chi connectivity index (χ4v) is 10.5. The minimum atomic E-state index is -1.06. The van der Waals surface area contributed by atoms with Crippen molar-refractivity contribution in [2.45, 2.75) is 169 Å². The summed E-state index contributed by atoms with van der Waals surface area (Å²) < 4.78 is 16.9. The van der Waals surface area contributed by atoms with E-state index in [0.29, 0.717) is 40.3 Å². The van der Waals surface area contributed by atoms with Crippen LogP contribution in [-0.2, 0) is 23.8 Å². The van der Waals surface area contributed by atoms with Gasteiger partial charge in [0.1, 0.15) is 22.0 Å². The number of anilines is 2. The predicted octanol–water partition coefficient (Wildman–Crippen LogP) is 8.68. The molecule has 2 aliphatic heterocycles. The van der Waals surface area contributed by atoms with Crippen molar-refractivity contribution in [2.75, 3.05) is 30.1 Å². The first-order valence-corrected chi connectivity index (χ1v) is 24.2. The second-order valence-corrected chi connectivity index (χ2v) is 21.7. The van der Waals surface area contributed by atoms with Crippen molar-refractivity contribution in [1.29, 1.82) is 0 Å². The number of esters is 1. The van der Waals surface area contributed by atoms with Crippen molar-refractivity contribution in [3.05, 3.63) is 31.6 Å². The van der Waals surface area contributed by atoms with Gasteiger partial charge >= 0.3 is 11.9 Å². The van der Waals surface area contributed by atoms with E-state index in [1.54, 1.807) is 29.7 Å². The minimum Gasteiger partial charge on any atom is -0.477 e. The second-order valence-electron chi connectivity index (χ2n) is 19.6. The summed E-state index contributed by atoms with van der Waals surface area (Å²) in [5.41, 5.74) is 0.571. The zero-order valence-electron chi connectivity index (χ0n) is 38.6. The molecule has 0 radical (unpaired) electrons. The molecule has 2 aromatic heterocycles. The first-order chi connectivity index (χ1) is 29.7. The third-order valence-corrected chi connectivity index (χ3v) is 13.8. The molecule has 4 heterocycles. The molecule has 0 aromatic carbocycles. The van der Waals surface area contributed by atoms with Crippen LogP contribution in [0, 0.1) is 46.3 Å². The molecule has 4 aliphatic rings. The number of thiophene rings is 2. The molecule has 0 unspecified atom stereocenters. The van der Waals surface area contributed by atoms with Gasteiger partial charge in [-0.1, -0.05) is 62.2 Å². The molecule has 12 nitrogen and oxygen atoms in total. The number of aromatic carboxylic acids is 1. The molecule has 0 bridgehead atoms. The van der Waals surface area contributed by atoms with Gasteiger partial charge in [0.2, 0.25) is 0 Å². The standard InChI is InChI=1S/C25H35NO5S.C24H33NO5S/c1-16(27)13-21-23(28)26(20(15-31-21)17-9-7-6-8-10-17)19-14-18(11-12-25(2,3)4)32-22(19)24(29)30-5;1-15(26)12-20-22(27)25(19(14-30-20)16-8-6-5-7-9-16)18-13-17(10-11-24(2,3)4)31-21(18)23(28)29/h14,16-17,20-21,27H,6-10,13,15H2,1-5H3;13,15-16,19-20,26H,5-9,12,14H2,1-4H3,(H,28,29)/t16-,20+,21-;15-,19+,20-/m11/s1. The highest BCUT2D eigenvalue weighted by molar-refractivity contribution is 7.15. The Kier molecular flexibility index (Phi) is 17.5. The number of ether oxygens (including phenoxy) is 3. The van der Waals surface area contributed by atoms with Crippen molar-refractivity contribution in [3.8, 4) is 23.7 Å². The van der Waals surface area contributed by atoms with E-state index in [1.807, 2.05) is 47.6 Å². The van der Waals surface area contributed by atoms with Crippen LogP contribution >= 0.6 is 22.7 Å². The van der Waals surface area contributed by atoms with Gasteiger partial charge in [0.05, 0.1) is 65.7 Å². The number of methoxy groups -OCH3 is 1. The molecule has 4 fully saturated rings. The van der Waals surface area contributed by atoms with Crippen LogP contribution in [-0.4, -0.2) is 95.9 Å². The SMILES string of the molecule is COC(=O)c1sc(C#CC(C)(C)C)cc1N1C(=O)[C@@H](C[C@@H](C)O)OC[C@H]1C1CCCCC1.C[C@@H](O)C[C@H]1OC[C@@H](C2CCCCC2)N(c2cc(C#CC(C)(C)C)sc2C(=O)O)C1=O. The minimum absolute atomic E-state index is 0.130. The molecule has 2 saturated heterocycles. The molecule has 2 saturated carbocycles. The molecule has 6 rings (SSSR count). The highest BCUT2D eigenvalue weighted by Gasteiger charge is 2.45. The topological polar surface area (TPSA) is 163 Å². The Morgan fingerprint density at radius 1 is 0.714 bits per heavy atom. The fraction of sp³-hybridized carbons (Fsp3) is 0.673. The number of carbonyl (C=O) groups is 4. The van der Waals surface area contributed by atoms with Crippen LogP contribution in [0.3, 0.4) is 0 Å². The zero-order valence-corrected chi connectivity index (χ0v) is 40.2. The van der Waals surface area contributed by atoms with Crippen LogP contribution in [0.4, 0.5) is 11.4 Å². The first kappa shape index (κ1) is 50.2. The van der Waals surface area contributed by atoms with Gasteiger partial charge in [0, 0.05) is 23.7 Å². The normalized spacial score (nSPS) is 23.7. The van der Waals surface area contributed by atoms with E-state index >= 15 is 0 Å². The van der Waals surface area contributed by atoms with E-state index in [-0.39, 0.29) is 58.4 Å². The second kappa shape index (κ2) is 21.9. The highest BCUT2D eigenvalue weighted by atomic mass is 32.1. The summed E-state index contributed by atoms with van der Waals surface area (Å²) in [6, 6.07) is 3.24. The maximum absolute atomic E-state index is 13.6. The van der Waals surface area contributed by atoms with Crippen molar-refractivity contribution < 1.29 is 48.7 Å². The summed E-state index contributed by atoms with van der Waals surface area (Å²) in [5.74, 6) is 11.2. The van der Waals surface area contributed by atoms with E-state index in [0.717, 1.165) is 67.6 Å². The average Bonchev–Trinajstić information content (AvgIpc) is 3.85. The van der Waals surface area contributed by atoms with Gasteiger partial charge in [-0.05, 0) is 105 Å². The van der Waals surface area contributed by atoms with E-state index < -0.39 is 36.4 Å². The van der Waals surface area contributed by atoms with Crippen LogP contribution in [0.2, 0.25) is 0 Å². The van der Waals surface area contributed by atoms with Crippen molar-refractivity contribution in [3.63, 3.8) is 0 Å². The molecule has 2 aliphatic carbocycles. The van der Waals surface area contributed by atoms with E-state index in [4.69, 9.17) is 14.2 Å². The van der Waals surface area contributed by atoms with Gasteiger partial charge in [-0.15, -0.1) is 22.7 Å². The maximum Gasteiger partial charge on any atom is 0.350 e. The van der Waals surface area contributed by atoms with Crippen molar-refractivity contribution in [1.82, 2.24) is 0 Å². The monoisotopic (exact) mass is 908 g/mol. The third kappa shape index (κ3) is 13.6. The molecule has 2 aromatic rings. The lowest BCUT2D eigenvalue weighted by atomic mass is 9.82. The van der Waals surface area contributed by atoms with E-state index in [2.05, 4.69) is 23.7 Å². The molecule has 346 valence electrons. The number of rotatable bonds is 10. The Hall–Kier alpha value is -3.76. The number of hydrogen-bond donors (Lipinski definition) is 3. The summed E-state index contributed by atoms with van der Waals surface area (Å²) in [7, 11) is 1.35. The number of morpholine rings is 2. The summed E-state index contributed by atoms with van der Waals surface area (Å²) in [4.78, 5) is 57.1. The summed E-state index contributed by atoms with van der Waals surface area (Å²) in [5, 5.41) is 29.6. The maximum atomic E-state index is 13.6. The van der Waals surface area contributed by atoms with Crippen molar-refractivity contribution in [2.24, 2.45) is 22.7 Å². The Balaban J connectivity index is 0.000000238. The van der Waals surface area contributed by atoms with Gasteiger partial charge in [-0.25, -0.2) is 9.59 Å². The van der Waals surface area contributed by atoms with Gasteiger partial charge in [-0.3, -0.25) is 9.59 Å². The van der Waals surface area contributed by atoms with Crippen LogP contribution in [0.25, 0.3) is 0 Å². The van der Waals surface area contributed by atoms with Gasteiger partial charge < -0.3 is 39.3 Å². The lowest BCUT2D eigenvalue weighted by Gasteiger charge is -2.44. The van der Waals surface area contributed by atoms with Crippen LogP contribution < -0.4 is 9.80 Å². The van der Waals surface area contributed by atoms with Crippen LogP contribution in [0.1, 0.15) is 162 Å². The van der Waals surface area contributed by atoms with Gasteiger partial charge in [-0.2, -0.15) is 0 Å². The molecule has 6 atom stereocenters. The number of aliphatic hydroxyl groups is 2. The quantitative estimate of drug-likeness (QED) is 0.155. The Bertz CT molecular complexity index is 2040. The summed E-state index contributed by atoms with van der Waals surface area (Å²) in [6.07, 6.45) is 8.53. The summed E-state index contributed by atoms with van der Waals surface area (Å²) >= 11 is 2.37.